The third-order valence-electron chi connectivity index (χ3n) is 3.80. The van der Waals surface area contributed by atoms with E-state index in [1.165, 1.54) is 18.2 Å². The molecule has 0 aliphatic rings. The number of halogens is 1. The van der Waals surface area contributed by atoms with Crippen LogP contribution in [0.1, 0.15) is 37.6 Å². The van der Waals surface area contributed by atoms with Crippen LogP contribution in [0.3, 0.4) is 0 Å². The maximum absolute atomic E-state index is 13.0. The monoisotopic (exact) mass is 362 g/mol. The Balaban J connectivity index is 2.29. The minimum Gasteiger partial charge on any atom is -0.347 e. The lowest BCUT2D eigenvalue weighted by Crippen LogP contribution is -2.42. The summed E-state index contributed by atoms with van der Waals surface area (Å²) in [5.41, 5.74) is -0.319. The quantitative estimate of drug-likeness (QED) is 0.591. The molecule has 1 N–H and O–H groups in total. The van der Waals surface area contributed by atoms with Crippen LogP contribution < -0.4 is 5.32 Å². The van der Waals surface area contributed by atoms with Crippen molar-refractivity contribution in [3.63, 3.8) is 0 Å². The van der Waals surface area contributed by atoms with Crippen LogP contribution in [-0.2, 0) is 0 Å². The van der Waals surface area contributed by atoms with Crippen LogP contribution in [0, 0.1) is 15.9 Å². The van der Waals surface area contributed by atoms with E-state index in [0.29, 0.717) is 9.79 Å². The summed E-state index contributed by atoms with van der Waals surface area (Å²) >= 11 is 1.15. The van der Waals surface area contributed by atoms with Crippen molar-refractivity contribution in [2.45, 2.75) is 42.5 Å². The molecule has 0 aliphatic heterocycles. The van der Waals surface area contributed by atoms with Crippen LogP contribution in [-0.4, -0.2) is 16.4 Å². The van der Waals surface area contributed by atoms with E-state index in [9.17, 15) is 19.3 Å². The Kier molecular flexibility index (Phi) is 5.79. The summed E-state index contributed by atoms with van der Waals surface area (Å²) in [6, 6.07) is 10.1. The van der Waals surface area contributed by atoms with Gasteiger partial charge < -0.3 is 5.32 Å². The topological polar surface area (TPSA) is 72.2 Å². The van der Waals surface area contributed by atoms with E-state index in [1.54, 1.807) is 24.3 Å². The first-order valence-corrected chi connectivity index (χ1v) is 8.58. The van der Waals surface area contributed by atoms with E-state index in [4.69, 9.17) is 0 Å². The Bertz CT molecular complexity index is 791. The number of nitro benzene ring substituents is 1. The molecule has 0 unspecified atom stereocenters. The second-order valence-electron chi connectivity index (χ2n) is 6.19. The number of hydrogen-bond acceptors (Lipinski definition) is 4. The molecule has 2 rings (SSSR count). The highest BCUT2D eigenvalue weighted by atomic mass is 32.2. The summed E-state index contributed by atoms with van der Waals surface area (Å²) in [7, 11) is 0. The molecule has 0 aromatic heterocycles. The average molecular weight is 362 g/mol. The van der Waals surface area contributed by atoms with E-state index in [2.05, 4.69) is 5.32 Å². The highest BCUT2D eigenvalue weighted by Gasteiger charge is 2.22. The van der Waals surface area contributed by atoms with Crippen LogP contribution in [0.5, 0.6) is 0 Å². The molecule has 5 nitrogen and oxygen atoms in total. The van der Waals surface area contributed by atoms with Crippen LogP contribution in [0.2, 0.25) is 0 Å². The van der Waals surface area contributed by atoms with Gasteiger partial charge in [0.25, 0.3) is 11.6 Å². The number of nitro groups is 1. The Morgan fingerprint density at radius 1 is 1.24 bits per heavy atom. The van der Waals surface area contributed by atoms with Crippen molar-refractivity contribution in [3.8, 4) is 0 Å². The summed E-state index contributed by atoms with van der Waals surface area (Å²) in [4.78, 5) is 24.2. The molecule has 2 aromatic carbocycles. The zero-order chi connectivity index (χ0) is 18.6. The number of carbonyl (C=O) groups excluding carboxylic acids is 1. The predicted octanol–water partition coefficient (Wildman–Crippen LogP) is 4.80. The number of carbonyl (C=O) groups is 1. The molecule has 0 heterocycles. The minimum absolute atomic E-state index is 0.156. The largest absolute Gasteiger partial charge is 0.347 e. The van der Waals surface area contributed by atoms with Crippen molar-refractivity contribution in [3.05, 3.63) is 64.0 Å². The standard InChI is InChI=1S/C18H19FN2O3S/c1-4-18(2,3)20-17(22)12-5-10-16(15(11-12)21(23)24)25-14-8-6-13(19)7-9-14/h5-11H,4H2,1-3H3,(H,20,22). The Labute approximate surface area is 149 Å². The lowest BCUT2D eigenvalue weighted by Gasteiger charge is -2.24. The van der Waals surface area contributed by atoms with Crippen LogP contribution in [0.15, 0.2) is 52.3 Å². The molecule has 1 amide bonds. The Hall–Kier alpha value is -2.41. The first kappa shape index (κ1) is 18.9. The molecule has 0 atom stereocenters. The van der Waals surface area contributed by atoms with Gasteiger partial charge in [-0.15, -0.1) is 0 Å². The zero-order valence-corrected chi connectivity index (χ0v) is 15.0. The molecule has 0 aliphatic carbocycles. The second-order valence-corrected chi connectivity index (χ2v) is 7.30. The fourth-order valence-electron chi connectivity index (χ4n) is 1.99. The molecule has 7 heteroatoms. The molecule has 0 saturated carbocycles. The summed E-state index contributed by atoms with van der Waals surface area (Å²) in [5.74, 6) is -0.724. The van der Waals surface area contributed by atoms with Crippen molar-refractivity contribution in [2.75, 3.05) is 0 Å². The molecular weight excluding hydrogens is 343 g/mol. The molecule has 0 saturated heterocycles. The van der Waals surface area contributed by atoms with Gasteiger partial charge in [0.1, 0.15) is 5.82 Å². The minimum atomic E-state index is -0.520. The van der Waals surface area contributed by atoms with Crippen LogP contribution in [0.25, 0.3) is 0 Å². The highest BCUT2D eigenvalue weighted by molar-refractivity contribution is 7.99. The lowest BCUT2D eigenvalue weighted by atomic mass is 10.0. The van der Waals surface area contributed by atoms with Crippen molar-refractivity contribution in [1.82, 2.24) is 5.32 Å². The Morgan fingerprint density at radius 3 is 2.44 bits per heavy atom. The van der Waals surface area contributed by atoms with Crippen molar-refractivity contribution in [1.29, 1.82) is 0 Å². The molecule has 2 aromatic rings. The van der Waals surface area contributed by atoms with Gasteiger partial charge in [0.15, 0.2) is 0 Å². The molecule has 25 heavy (non-hydrogen) atoms. The summed E-state index contributed by atoms with van der Waals surface area (Å²) in [6.45, 7) is 5.72. The molecule has 0 spiro atoms. The van der Waals surface area contributed by atoms with Gasteiger partial charge in [-0.1, -0.05) is 18.7 Å². The van der Waals surface area contributed by atoms with E-state index in [0.717, 1.165) is 18.2 Å². The van der Waals surface area contributed by atoms with Gasteiger partial charge in [-0.05, 0) is 56.7 Å². The normalized spacial score (nSPS) is 11.2. The predicted molar refractivity (Wildman–Crippen MR) is 95.5 cm³/mol. The summed E-state index contributed by atoms with van der Waals surface area (Å²) in [6.07, 6.45) is 0.735. The Morgan fingerprint density at radius 2 is 1.88 bits per heavy atom. The average Bonchev–Trinajstić information content (AvgIpc) is 2.56. The smallest absolute Gasteiger partial charge is 0.284 e. The maximum Gasteiger partial charge on any atom is 0.284 e. The SMILES string of the molecule is CCC(C)(C)NC(=O)c1ccc(Sc2ccc(F)cc2)c([N+](=O)[O-])c1. The van der Waals surface area contributed by atoms with Crippen molar-refractivity contribution < 1.29 is 14.1 Å². The first-order valence-electron chi connectivity index (χ1n) is 7.76. The fourth-order valence-corrected chi connectivity index (χ4v) is 2.89. The number of hydrogen-bond donors (Lipinski definition) is 1. The van der Waals surface area contributed by atoms with E-state index in [1.807, 2.05) is 20.8 Å². The van der Waals surface area contributed by atoms with Crippen molar-refractivity contribution in [2.24, 2.45) is 0 Å². The van der Waals surface area contributed by atoms with E-state index in [-0.39, 0.29) is 23.0 Å². The second kappa shape index (κ2) is 7.65. The summed E-state index contributed by atoms with van der Waals surface area (Å²) < 4.78 is 13.0. The van der Waals surface area contributed by atoms with Gasteiger partial charge in [0, 0.05) is 22.1 Å². The number of benzene rings is 2. The number of amides is 1. The molecular formula is C18H19FN2O3S. The summed E-state index contributed by atoms with van der Waals surface area (Å²) in [5, 5.41) is 14.2. The van der Waals surface area contributed by atoms with Crippen molar-refractivity contribution >= 4 is 23.4 Å². The van der Waals surface area contributed by atoms with Crippen LogP contribution in [0.4, 0.5) is 10.1 Å². The number of nitrogens with one attached hydrogen (secondary N) is 1. The van der Waals surface area contributed by atoms with E-state index < -0.39 is 10.5 Å². The zero-order valence-electron chi connectivity index (χ0n) is 14.2. The highest BCUT2D eigenvalue weighted by Crippen LogP contribution is 2.35. The molecule has 0 bridgehead atoms. The van der Waals surface area contributed by atoms with Gasteiger partial charge in [-0.25, -0.2) is 4.39 Å². The van der Waals surface area contributed by atoms with Gasteiger partial charge in [-0.3, -0.25) is 14.9 Å². The third-order valence-corrected chi connectivity index (χ3v) is 4.87. The third kappa shape index (κ3) is 5.03. The van der Waals surface area contributed by atoms with Gasteiger partial charge in [0.2, 0.25) is 0 Å². The number of nitrogens with zero attached hydrogens (tertiary/aromatic N) is 1. The molecule has 132 valence electrons. The molecule has 0 radical (unpaired) electrons. The molecule has 0 fully saturated rings. The van der Waals surface area contributed by atoms with Crippen LogP contribution >= 0.6 is 11.8 Å². The lowest BCUT2D eigenvalue weighted by molar-refractivity contribution is -0.387. The fraction of sp³-hybridized carbons (Fsp3) is 0.278. The first-order chi connectivity index (χ1) is 11.7. The maximum atomic E-state index is 13.0. The van der Waals surface area contributed by atoms with Gasteiger partial charge in [0.05, 0.1) is 9.82 Å². The number of rotatable bonds is 6. The van der Waals surface area contributed by atoms with Gasteiger partial charge >= 0.3 is 0 Å². The van der Waals surface area contributed by atoms with Gasteiger partial charge in [-0.2, -0.15) is 0 Å². The van der Waals surface area contributed by atoms with E-state index >= 15 is 0 Å².